The fraction of sp³-hybridized carbons (Fsp3) is 0.375. The normalized spacial score (nSPS) is 15.8. The van der Waals surface area contributed by atoms with Gasteiger partial charge in [0.05, 0.1) is 10.4 Å². The van der Waals surface area contributed by atoms with E-state index in [0.717, 1.165) is 52.6 Å². The molecule has 0 saturated heterocycles. The van der Waals surface area contributed by atoms with E-state index in [1.807, 2.05) is 12.1 Å². The van der Waals surface area contributed by atoms with Crippen LogP contribution >= 0.6 is 11.3 Å². The van der Waals surface area contributed by atoms with Crippen molar-refractivity contribution in [2.24, 2.45) is 5.41 Å². The number of nitrogens with zero attached hydrogens (tertiary/aromatic N) is 1. The lowest BCUT2D eigenvalue weighted by atomic mass is 9.75. The Bertz CT molecular complexity index is 1060. The first kappa shape index (κ1) is 19.2. The van der Waals surface area contributed by atoms with Gasteiger partial charge < -0.3 is 10.0 Å². The second kappa shape index (κ2) is 7.02. The molecule has 1 aliphatic rings. The van der Waals surface area contributed by atoms with Gasteiger partial charge in [0.2, 0.25) is 0 Å². The molecular weight excluding hydrogens is 366 g/mol. The van der Waals surface area contributed by atoms with Gasteiger partial charge in [-0.05, 0) is 60.7 Å². The smallest absolute Gasteiger partial charge is 0.337 e. The Morgan fingerprint density at radius 2 is 1.93 bits per heavy atom. The minimum absolute atomic E-state index is 0.154. The van der Waals surface area contributed by atoms with E-state index in [-0.39, 0.29) is 5.41 Å². The lowest BCUT2D eigenvalue weighted by molar-refractivity contribution is 0.0696. The quantitative estimate of drug-likeness (QED) is 0.605. The SMILES string of the molecule is CN(C)Cc1ccc2ccccc2c1-c1sc2c(c1C(=O)O)CC(C)(C)CC2. The summed E-state index contributed by atoms with van der Waals surface area (Å²) in [6.07, 6.45) is 2.93. The highest BCUT2D eigenvalue weighted by Gasteiger charge is 2.33. The van der Waals surface area contributed by atoms with E-state index in [4.69, 9.17) is 0 Å². The van der Waals surface area contributed by atoms with Crippen LogP contribution in [0.1, 0.15) is 46.6 Å². The Morgan fingerprint density at radius 3 is 2.64 bits per heavy atom. The number of rotatable bonds is 4. The number of thiophene rings is 1. The van der Waals surface area contributed by atoms with E-state index in [1.54, 1.807) is 11.3 Å². The predicted octanol–water partition coefficient (Wildman–Crippen LogP) is 5.84. The largest absolute Gasteiger partial charge is 0.478 e. The maximum atomic E-state index is 12.4. The molecule has 0 amide bonds. The van der Waals surface area contributed by atoms with Gasteiger partial charge in [-0.2, -0.15) is 0 Å². The van der Waals surface area contributed by atoms with Crippen LogP contribution in [-0.4, -0.2) is 30.1 Å². The molecule has 0 aliphatic heterocycles. The molecule has 0 bridgehead atoms. The molecule has 3 nitrogen and oxygen atoms in total. The fourth-order valence-corrected chi connectivity index (χ4v) is 5.78. The number of carboxylic acid groups (broad SMARTS) is 1. The summed E-state index contributed by atoms with van der Waals surface area (Å²) in [6, 6.07) is 12.6. The monoisotopic (exact) mass is 393 g/mol. The molecule has 0 fully saturated rings. The maximum absolute atomic E-state index is 12.4. The molecule has 28 heavy (non-hydrogen) atoms. The summed E-state index contributed by atoms with van der Waals surface area (Å²) in [5, 5.41) is 12.5. The van der Waals surface area contributed by atoms with E-state index in [0.29, 0.717) is 5.56 Å². The van der Waals surface area contributed by atoms with E-state index in [2.05, 4.69) is 57.1 Å². The van der Waals surface area contributed by atoms with Crippen molar-refractivity contribution in [2.45, 2.75) is 39.7 Å². The topological polar surface area (TPSA) is 40.5 Å². The molecule has 0 radical (unpaired) electrons. The third kappa shape index (κ3) is 3.36. The van der Waals surface area contributed by atoms with Gasteiger partial charge in [0.15, 0.2) is 0 Å². The Balaban J connectivity index is 2.03. The predicted molar refractivity (Wildman–Crippen MR) is 117 cm³/mol. The van der Waals surface area contributed by atoms with Crippen LogP contribution in [0.3, 0.4) is 0 Å². The third-order valence-corrected chi connectivity index (χ3v) is 7.03. The molecule has 3 aromatic rings. The van der Waals surface area contributed by atoms with Crippen molar-refractivity contribution >= 4 is 28.1 Å². The van der Waals surface area contributed by atoms with E-state index >= 15 is 0 Å². The highest BCUT2D eigenvalue weighted by Crippen LogP contribution is 2.47. The molecule has 146 valence electrons. The standard InChI is InChI=1S/C24H27NO2S/c1-24(2)12-11-19-18(13-24)21(23(26)27)22(28-19)20-16(14-25(3)4)10-9-15-7-5-6-8-17(15)20/h5-10H,11-14H2,1-4H3,(H,26,27). The van der Waals surface area contributed by atoms with Gasteiger partial charge in [-0.3, -0.25) is 0 Å². The maximum Gasteiger partial charge on any atom is 0.337 e. The van der Waals surface area contributed by atoms with Gasteiger partial charge in [-0.25, -0.2) is 4.79 Å². The minimum atomic E-state index is -0.797. The van der Waals surface area contributed by atoms with Crippen molar-refractivity contribution in [2.75, 3.05) is 14.1 Å². The van der Waals surface area contributed by atoms with Crippen molar-refractivity contribution in [1.29, 1.82) is 0 Å². The Morgan fingerprint density at radius 1 is 1.18 bits per heavy atom. The van der Waals surface area contributed by atoms with E-state index < -0.39 is 5.97 Å². The van der Waals surface area contributed by atoms with Crippen LogP contribution in [0.25, 0.3) is 21.2 Å². The number of fused-ring (bicyclic) bond motifs is 2. The zero-order valence-electron chi connectivity index (χ0n) is 17.0. The average Bonchev–Trinajstić information content (AvgIpc) is 2.98. The van der Waals surface area contributed by atoms with Gasteiger partial charge in [0.25, 0.3) is 0 Å². The Labute approximate surface area is 170 Å². The van der Waals surface area contributed by atoms with Crippen LogP contribution in [-0.2, 0) is 19.4 Å². The molecule has 1 aromatic heterocycles. The van der Waals surface area contributed by atoms with Crippen molar-refractivity contribution in [3.05, 3.63) is 58.0 Å². The number of carbonyl (C=O) groups is 1. The first-order chi connectivity index (χ1) is 13.3. The number of aryl methyl sites for hydroxylation is 1. The lowest BCUT2D eigenvalue weighted by Gasteiger charge is -2.29. The van der Waals surface area contributed by atoms with Crippen molar-refractivity contribution in [1.82, 2.24) is 4.90 Å². The number of aromatic carboxylic acids is 1. The third-order valence-electron chi connectivity index (χ3n) is 5.72. The molecule has 1 heterocycles. The molecule has 4 heteroatoms. The van der Waals surface area contributed by atoms with Gasteiger partial charge in [0.1, 0.15) is 0 Å². The van der Waals surface area contributed by atoms with E-state index in [1.165, 1.54) is 10.4 Å². The van der Waals surface area contributed by atoms with Crippen LogP contribution in [0.5, 0.6) is 0 Å². The summed E-state index contributed by atoms with van der Waals surface area (Å²) in [7, 11) is 4.11. The molecule has 0 atom stereocenters. The summed E-state index contributed by atoms with van der Waals surface area (Å²) in [4.78, 5) is 16.7. The summed E-state index contributed by atoms with van der Waals surface area (Å²) in [5.74, 6) is -0.797. The Hall–Kier alpha value is -2.17. The zero-order valence-corrected chi connectivity index (χ0v) is 17.8. The zero-order chi connectivity index (χ0) is 20.1. The van der Waals surface area contributed by atoms with Crippen molar-refractivity contribution in [3.8, 4) is 10.4 Å². The van der Waals surface area contributed by atoms with Crippen molar-refractivity contribution in [3.63, 3.8) is 0 Å². The Kier molecular flexibility index (Phi) is 4.80. The summed E-state index contributed by atoms with van der Waals surface area (Å²) >= 11 is 1.70. The molecule has 1 aliphatic carbocycles. The van der Waals surface area contributed by atoms with Crippen LogP contribution in [0.4, 0.5) is 0 Å². The first-order valence-corrected chi connectivity index (χ1v) is 10.6. The van der Waals surface area contributed by atoms with Crippen LogP contribution in [0.15, 0.2) is 36.4 Å². The summed E-state index contributed by atoms with van der Waals surface area (Å²) in [5.41, 5.74) is 4.03. The first-order valence-electron chi connectivity index (χ1n) is 9.80. The van der Waals surface area contributed by atoms with Crippen molar-refractivity contribution < 1.29 is 9.90 Å². The van der Waals surface area contributed by atoms with Crippen LogP contribution in [0.2, 0.25) is 0 Å². The van der Waals surface area contributed by atoms with E-state index in [9.17, 15) is 9.90 Å². The fourth-order valence-electron chi connectivity index (χ4n) is 4.38. The molecular formula is C24H27NO2S. The lowest BCUT2D eigenvalue weighted by Crippen LogP contribution is -2.22. The summed E-state index contributed by atoms with van der Waals surface area (Å²) in [6.45, 7) is 5.27. The van der Waals surface area contributed by atoms with Gasteiger partial charge >= 0.3 is 5.97 Å². The van der Waals surface area contributed by atoms with Gasteiger partial charge in [-0.15, -0.1) is 11.3 Å². The molecule has 0 saturated carbocycles. The molecule has 4 rings (SSSR count). The second-order valence-electron chi connectivity index (χ2n) is 8.91. The van der Waals surface area contributed by atoms with Crippen LogP contribution in [0, 0.1) is 5.41 Å². The molecule has 2 aromatic carbocycles. The molecule has 1 N–H and O–H groups in total. The number of carboxylic acids is 1. The number of hydrogen-bond donors (Lipinski definition) is 1. The average molecular weight is 394 g/mol. The number of hydrogen-bond acceptors (Lipinski definition) is 3. The number of benzene rings is 2. The highest BCUT2D eigenvalue weighted by atomic mass is 32.1. The highest BCUT2D eigenvalue weighted by molar-refractivity contribution is 7.16. The summed E-state index contributed by atoms with van der Waals surface area (Å²) < 4.78 is 0. The molecule has 0 spiro atoms. The second-order valence-corrected chi connectivity index (χ2v) is 10.0. The van der Waals surface area contributed by atoms with Gasteiger partial charge in [-0.1, -0.05) is 50.2 Å². The minimum Gasteiger partial charge on any atom is -0.478 e. The van der Waals surface area contributed by atoms with Gasteiger partial charge in [0, 0.05) is 17.0 Å². The van der Waals surface area contributed by atoms with Crippen LogP contribution < -0.4 is 0 Å². The molecule has 0 unspecified atom stereocenters.